The molecule has 222 valence electrons. The summed E-state index contributed by atoms with van der Waals surface area (Å²) in [7, 11) is -3.73. The van der Waals surface area contributed by atoms with Crippen molar-refractivity contribution in [2.24, 2.45) is 0 Å². The van der Waals surface area contributed by atoms with Crippen molar-refractivity contribution in [3.05, 3.63) is 18.2 Å². The number of aliphatic hydroxyl groups excluding tert-OH is 1. The highest BCUT2D eigenvalue weighted by Crippen LogP contribution is 2.41. The summed E-state index contributed by atoms with van der Waals surface area (Å²) in [6.07, 6.45) is 3.41. The minimum absolute atomic E-state index is 0.142. The molecule has 16 heteroatoms. The second kappa shape index (κ2) is 14.6. The molecular formula is C24H39N8O7P. The number of anilines is 1. The third-order valence-corrected chi connectivity index (χ3v) is 8.25. The molecule has 0 saturated carbocycles. The van der Waals surface area contributed by atoms with Crippen LogP contribution in [0.15, 0.2) is 18.2 Å². The van der Waals surface area contributed by atoms with E-state index in [1.54, 1.807) is 0 Å². The number of fused-ring (bicyclic) bond motifs is 1. The summed E-state index contributed by atoms with van der Waals surface area (Å²) in [6, 6.07) is -1.89. The van der Waals surface area contributed by atoms with Crippen molar-refractivity contribution < 1.29 is 33.5 Å². The van der Waals surface area contributed by atoms with Crippen molar-refractivity contribution in [1.29, 1.82) is 0 Å². The SMILES string of the molecule is CCCCOC(=O)[C@H](C)NP(=O)(/C=C/[C@@H]1C[C@@H](O)[C@H](n2nnc3c(N)ncnc32)O1)N[C@H](C)C(=O)OCCCC. The number of aliphatic hydroxyl groups is 1. The van der Waals surface area contributed by atoms with Gasteiger partial charge in [-0.05, 0) is 32.8 Å². The van der Waals surface area contributed by atoms with Gasteiger partial charge in [0, 0.05) is 12.2 Å². The molecule has 0 aliphatic carbocycles. The fourth-order valence-corrected chi connectivity index (χ4v) is 5.93. The van der Waals surface area contributed by atoms with Crippen LogP contribution in [0.3, 0.4) is 0 Å². The first-order valence-corrected chi connectivity index (χ1v) is 15.2. The van der Waals surface area contributed by atoms with Gasteiger partial charge in [-0.2, -0.15) is 4.68 Å². The monoisotopic (exact) mass is 582 g/mol. The Morgan fingerprint density at radius 3 is 2.35 bits per heavy atom. The number of esters is 2. The molecule has 1 fully saturated rings. The van der Waals surface area contributed by atoms with Crippen LogP contribution in [-0.4, -0.2) is 79.5 Å². The molecule has 0 bridgehead atoms. The fraction of sp³-hybridized carbons (Fsp3) is 0.667. The standard InChI is InChI=1S/C24H39N8O7P/c1-5-7-10-37-23(34)15(3)29-40(36,30-16(4)24(35)38-11-8-6-2)12-9-17-13-18(33)22(39-17)32-21-19(28-31-32)20(25)26-14-27-21/h9,12,14-18,22,33H,5-8,10-11,13H2,1-4H3,(H2,25,26,27)(H2,29,30,36)/b12-9+/t15-,16+,17-,18-,22-,40?/m1/s1. The van der Waals surface area contributed by atoms with Crippen molar-refractivity contribution >= 4 is 36.4 Å². The highest BCUT2D eigenvalue weighted by atomic mass is 31.2. The largest absolute Gasteiger partial charge is 0.465 e. The number of carbonyl (C=O) groups excluding carboxylic acids is 2. The van der Waals surface area contributed by atoms with Crippen LogP contribution in [0.25, 0.3) is 11.2 Å². The van der Waals surface area contributed by atoms with Gasteiger partial charge in [-0.1, -0.05) is 31.9 Å². The Morgan fingerprint density at radius 2 is 1.77 bits per heavy atom. The van der Waals surface area contributed by atoms with Crippen LogP contribution < -0.4 is 15.9 Å². The summed E-state index contributed by atoms with van der Waals surface area (Å²) >= 11 is 0. The number of rotatable bonds is 15. The number of ether oxygens (including phenoxy) is 3. The number of aromatic nitrogens is 5. The van der Waals surface area contributed by atoms with E-state index in [4.69, 9.17) is 19.9 Å². The van der Waals surface area contributed by atoms with Gasteiger partial charge in [0.25, 0.3) is 0 Å². The maximum Gasteiger partial charge on any atom is 0.323 e. The summed E-state index contributed by atoms with van der Waals surface area (Å²) in [5.74, 6) is 0.309. The van der Waals surface area contributed by atoms with E-state index in [2.05, 4.69) is 30.5 Å². The topological polar surface area (TPSA) is 206 Å². The second-order valence-electron chi connectivity index (χ2n) is 9.58. The zero-order valence-electron chi connectivity index (χ0n) is 23.2. The van der Waals surface area contributed by atoms with Gasteiger partial charge in [0.15, 0.2) is 23.2 Å². The predicted molar refractivity (Wildman–Crippen MR) is 146 cm³/mol. The Labute approximate surface area is 232 Å². The summed E-state index contributed by atoms with van der Waals surface area (Å²) < 4.78 is 31.7. The van der Waals surface area contributed by atoms with E-state index in [9.17, 15) is 19.3 Å². The van der Waals surface area contributed by atoms with Crippen LogP contribution in [0.2, 0.25) is 0 Å². The van der Waals surface area contributed by atoms with Crippen molar-refractivity contribution in [1.82, 2.24) is 35.1 Å². The zero-order valence-corrected chi connectivity index (χ0v) is 24.1. The number of nitrogens with zero attached hydrogens (tertiary/aromatic N) is 5. The van der Waals surface area contributed by atoms with E-state index < -0.39 is 49.9 Å². The van der Waals surface area contributed by atoms with E-state index in [1.165, 1.54) is 36.7 Å². The Bertz CT molecular complexity index is 1190. The Balaban J connectivity index is 1.75. The summed E-state index contributed by atoms with van der Waals surface area (Å²) in [6.45, 7) is 7.49. The van der Waals surface area contributed by atoms with Crippen LogP contribution in [0.5, 0.6) is 0 Å². The number of hydrogen-bond donors (Lipinski definition) is 4. The molecule has 0 spiro atoms. The molecule has 3 rings (SSSR count). The van der Waals surface area contributed by atoms with Crippen molar-refractivity contribution in [3.63, 3.8) is 0 Å². The van der Waals surface area contributed by atoms with Crippen molar-refractivity contribution in [3.8, 4) is 0 Å². The maximum absolute atomic E-state index is 14.0. The zero-order chi connectivity index (χ0) is 29.3. The van der Waals surface area contributed by atoms with Gasteiger partial charge in [0.05, 0.1) is 19.3 Å². The third-order valence-electron chi connectivity index (χ3n) is 6.12. The van der Waals surface area contributed by atoms with Crippen LogP contribution in [-0.2, 0) is 28.4 Å². The maximum atomic E-state index is 14.0. The van der Waals surface area contributed by atoms with Gasteiger partial charge in [-0.3, -0.25) is 14.2 Å². The minimum atomic E-state index is -3.73. The second-order valence-corrected chi connectivity index (χ2v) is 11.7. The van der Waals surface area contributed by atoms with Crippen molar-refractivity contribution in [2.75, 3.05) is 18.9 Å². The first-order valence-electron chi connectivity index (χ1n) is 13.4. The van der Waals surface area contributed by atoms with Gasteiger partial charge in [-0.15, -0.1) is 5.10 Å². The Hall–Kier alpha value is -2.97. The first kappa shape index (κ1) is 31.6. The lowest BCUT2D eigenvalue weighted by Crippen LogP contribution is -2.41. The number of unbranched alkanes of at least 4 members (excludes halogenated alkanes) is 2. The summed E-state index contributed by atoms with van der Waals surface area (Å²) in [5.41, 5.74) is 6.39. The lowest BCUT2D eigenvalue weighted by Gasteiger charge is -2.24. The quantitative estimate of drug-likeness (QED) is 0.134. The molecule has 2 aromatic heterocycles. The highest BCUT2D eigenvalue weighted by Gasteiger charge is 2.37. The molecule has 1 aliphatic rings. The van der Waals surface area contributed by atoms with E-state index in [-0.39, 0.29) is 31.0 Å². The molecule has 40 heavy (non-hydrogen) atoms. The van der Waals surface area contributed by atoms with Gasteiger partial charge in [-0.25, -0.2) is 20.1 Å². The number of carbonyl (C=O) groups is 2. The molecule has 1 unspecified atom stereocenters. The molecule has 1 aliphatic heterocycles. The summed E-state index contributed by atoms with van der Waals surface area (Å²) in [5, 5.41) is 24.2. The lowest BCUT2D eigenvalue weighted by molar-refractivity contribution is -0.145. The number of nitrogen functional groups attached to an aromatic ring is 1. The molecule has 0 aromatic carbocycles. The third kappa shape index (κ3) is 8.27. The molecule has 0 amide bonds. The van der Waals surface area contributed by atoms with E-state index >= 15 is 0 Å². The van der Waals surface area contributed by atoms with Gasteiger partial charge in [0.2, 0.25) is 7.44 Å². The van der Waals surface area contributed by atoms with Gasteiger partial charge >= 0.3 is 11.9 Å². The van der Waals surface area contributed by atoms with Gasteiger partial charge in [0.1, 0.15) is 24.5 Å². The van der Waals surface area contributed by atoms with Gasteiger partial charge < -0.3 is 25.1 Å². The first-order chi connectivity index (χ1) is 19.1. The van der Waals surface area contributed by atoms with Crippen LogP contribution in [0.4, 0.5) is 5.82 Å². The number of nitrogens with two attached hydrogens (primary N) is 1. The molecule has 0 radical (unpaired) electrons. The molecular weight excluding hydrogens is 543 g/mol. The molecule has 6 atom stereocenters. The normalized spacial score (nSPS) is 22.3. The number of nitrogens with one attached hydrogen (secondary N) is 2. The molecule has 15 nitrogen and oxygen atoms in total. The average molecular weight is 583 g/mol. The summed E-state index contributed by atoms with van der Waals surface area (Å²) in [4.78, 5) is 32.9. The predicted octanol–water partition coefficient (Wildman–Crippen LogP) is 1.80. The van der Waals surface area contributed by atoms with Crippen molar-refractivity contribution in [2.45, 2.75) is 90.3 Å². The average Bonchev–Trinajstić information content (AvgIpc) is 3.51. The van der Waals surface area contributed by atoms with E-state index in [0.717, 1.165) is 12.8 Å². The van der Waals surface area contributed by atoms with E-state index in [0.29, 0.717) is 18.5 Å². The number of hydrogen-bond acceptors (Lipinski definition) is 12. The molecule has 2 aromatic rings. The smallest absolute Gasteiger partial charge is 0.323 e. The Kier molecular flexibility index (Phi) is 11.5. The van der Waals surface area contributed by atoms with Crippen LogP contribution >= 0.6 is 7.44 Å². The molecule has 1 saturated heterocycles. The Morgan fingerprint density at radius 1 is 1.18 bits per heavy atom. The van der Waals surface area contributed by atoms with Crippen LogP contribution in [0.1, 0.15) is 66.0 Å². The van der Waals surface area contributed by atoms with E-state index in [1.807, 2.05) is 13.8 Å². The lowest BCUT2D eigenvalue weighted by atomic mass is 10.2. The molecule has 3 heterocycles. The highest BCUT2D eigenvalue weighted by molar-refractivity contribution is 7.63. The van der Waals surface area contributed by atoms with Crippen LogP contribution in [0, 0.1) is 0 Å². The minimum Gasteiger partial charge on any atom is -0.465 e. The fourth-order valence-electron chi connectivity index (χ4n) is 3.88. The molecule has 5 N–H and O–H groups in total.